The molecule has 5 heterocycles. The highest BCUT2D eigenvalue weighted by molar-refractivity contribution is 7.11. The third-order valence-corrected chi connectivity index (χ3v) is 10.5. The highest BCUT2D eigenvalue weighted by atomic mass is 32.1. The Morgan fingerprint density at radius 3 is 2.55 bits per heavy atom. The van der Waals surface area contributed by atoms with Gasteiger partial charge in [-0.3, -0.25) is 19.6 Å². The zero-order chi connectivity index (χ0) is 27.5. The molecule has 3 aliphatic heterocycles. The maximum Gasteiger partial charge on any atom is 0.265 e. The van der Waals surface area contributed by atoms with Crippen molar-refractivity contribution in [2.75, 3.05) is 46.0 Å². The number of nitrogens with zero attached hydrogens (tertiary/aromatic N) is 4. The van der Waals surface area contributed by atoms with Gasteiger partial charge in [0, 0.05) is 73.6 Å². The summed E-state index contributed by atoms with van der Waals surface area (Å²) in [7, 11) is 0. The predicted octanol–water partition coefficient (Wildman–Crippen LogP) is 4.61. The lowest BCUT2D eigenvalue weighted by Gasteiger charge is -2.51. The number of benzene rings is 1. The van der Waals surface area contributed by atoms with Crippen molar-refractivity contribution in [2.45, 2.75) is 39.0 Å². The van der Waals surface area contributed by atoms with Crippen LogP contribution in [0.1, 0.15) is 54.3 Å². The molecule has 2 amide bonds. The number of carbonyl (C=O) groups excluding carboxylic acids is 2. The van der Waals surface area contributed by atoms with Crippen LogP contribution >= 0.6 is 11.3 Å². The van der Waals surface area contributed by atoms with Gasteiger partial charge < -0.3 is 19.3 Å². The van der Waals surface area contributed by atoms with E-state index in [1.54, 1.807) is 11.7 Å². The Labute approximate surface area is 238 Å². The van der Waals surface area contributed by atoms with E-state index in [2.05, 4.69) is 42.0 Å². The minimum absolute atomic E-state index is 0.0189. The molecule has 0 unspecified atom stereocenters. The number of ether oxygens (including phenoxy) is 2. The number of aromatic nitrogens is 2. The molecule has 4 aliphatic rings. The van der Waals surface area contributed by atoms with Gasteiger partial charge in [0.05, 0.1) is 24.5 Å². The van der Waals surface area contributed by atoms with E-state index in [1.807, 2.05) is 22.2 Å². The topological polar surface area (TPSA) is 84.9 Å². The largest absolute Gasteiger partial charge is 0.491 e. The van der Waals surface area contributed by atoms with Crippen molar-refractivity contribution in [3.63, 3.8) is 0 Å². The van der Waals surface area contributed by atoms with Crippen LogP contribution in [0.25, 0.3) is 10.8 Å². The molecule has 1 aliphatic carbocycles. The normalized spacial score (nSPS) is 25.2. The third kappa shape index (κ3) is 4.47. The van der Waals surface area contributed by atoms with Crippen LogP contribution < -0.4 is 4.74 Å². The molecular formula is C31H36N4O4S. The summed E-state index contributed by atoms with van der Waals surface area (Å²) in [5.74, 6) is 1.78. The van der Waals surface area contributed by atoms with Gasteiger partial charge in [-0.05, 0) is 36.2 Å². The van der Waals surface area contributed by atoms with E-state index in [4.69, 9.17) is 9.47 Å². The van der Waals surface area contributed by atoms with Crippen LogP contribution in [0.2, 0.25) is 0 Å². The average Bonchev–Trinajstić information content (AvgIpc) is 3.32. The van der Waals surface area contributed by atoms with Crippen LogP contribution in [0.3, 0.4) is 0 Å². The number of fused-ring (bicyclic) bond motifs is 1. The molecule has 3 aromatic rings. The van der Waals surface area contributed by atoms with E-state index in [0.29, 0.717) is 43.6 Å². The summed E-state index contributed by atoms with van der Waals surface area (Å²) in [4.78, 5) is 39.7. The van der Waals surface area contributed by atoms with Gasteiger partial charge in [0.25, 0.3) is 5.91 Å². The summed E-state index contributed by atoms with van der Waals surface area (Å²) in [6, 6.07) is 6.43. The van der Waals surface area contributed by atoms with Gasteiger partial charge in [-0.2, -0.15) is 0 Å². The summed E-state index contributed by atoms with van der Waals surface area (Å²) in [6.45, 7) is 9.01. The van der Waals surface area contributed by atoms with Gasteiger partial charge in [0.15, 0.2) is 0 Å². The van der Waals surface area contributed by atoms with Crippen LogP contribution in [0.15, 0.2) is 42.3 Å². The average molecular weight is 561 g/mol. The number of likely N-dealkylation sites (tertiary alicyclic amines) is 2. The molecule has 40 heavy (non-hydrogen) atoms. The summed E-state index contributed by atoms with van der Waals surface area (Å²) in [6.07, 6.45) is 8.41. The standard InChI is InChI=1S/C31H36N4O4S/c1-30(2)10-25(30)28(36)35-17-31(18-35)16-34(29(37)27-13-33-19-40-27)14-21(31)15-39-26-12-32-11-24-22(4-3-5-23(24)26)20-6-8-38-9-7-20/h3-5,11-13,19-21,25H,6-10,14-18H2,1-2H3/t21-,25+/m0/s1. The van der Waals surface area contributed by atoms with Crippen molar-refractivity contribution < 1.29 is 19.1 Å². The molecular weight excluding hydrogens is 524 g/mol. The molecule has 9 heteroatoms. The fourth-order valence-electron chi connectivity index (χ4n) is 7.09. The highest BCUT2D eigenvalue weighted by Crippen LogP contribution is 2.54. The van der Waals surface area contributed by atoms with Gasteiger partial charge in [-0.15, -0.1) is 11.3 Å². The monoisotopic (exact) mass is 560 g/mol. The zero-order valence-electron chi connectivity index (χ0n) is 23.2. The zero-order valence-corrected chi connectivity index (χ0v) is 24.0. The van der Waals surface area contributed by atoms with Gasteiger partial charge in [0.1, 0.15) is 10.6 Å². The number of pyridine rings is 1. The van der Waals surface area contributed by atoms with E-state index in [1.165, 1.54) is 16.9 Å². The van der Waals surface area contributed by atoms with E-state index >= 15 is 0 Å². The number of carbonyl (C=O) groups is 2. The predicted molar refractivity (Wildman–Crippen MR) is 152 cm³/mol. The van der Waals surface area contributed by atoms with Crippen molar-refractivity contribution in [1.29, 1.82) is 0 Å². The van der Waals surface area contributed by atoms with Gasteiger partial charge in [-0.25, -0.2) is 0 Å². The van der Waals surface area contributed by atoms with E-state index in [0.717, 1.165) is 49.0 Å². The van der Waals surface area contributed by atoms with E-state index < -0.39 is 0 Å². The quantitative estimate of drug-likeness (QED) is 0.438. The summed E-state index contributed by atoms with van der Waals surface area (Å²) >= 11 is 1.37. The summed E-state index contributed by atoms with van der Waals surface area (Å²) in [5.41, 5.74) is 2.97. The van der Waals surface area contributed by atoms with E-state index in [9.17, 15) is 9.59 Å². The smallest absolute Gasteiger partial charge is 0.265 e. The molecule has 4 fully saturated rings. The molecule has 0 N–H and O–H groups in total. The molecule has 8 nitrogen and oxygen atoms in total. The minimum Gasteiger partial charge on any atom is -0.491 e. The van der Waals surface area contributed by atoms with Crippen molar-refractivity contribution in [2.24, 2.45) is 22.7 Å². The lowest BCUT2D eigenvalue weighted by Crippen LogP contribution is -2.63. The number of hydrogen-bond donors (Lipinski definition) is 0. The summed E-state index contributed by atoms with van der Waals surface area (Å²) < 4.78 is 12.1. The van der Waals surface area contributed by atoms with Gasteiger partial charge >= 0.3 is 0 Å². The molecule has 1 spiro atoms. The first-order valence-corrected chi connectivity index (χ1v) is 15.3. The minimum atomic E-state index is -0.152. The molecule has 2 atom stereocenters. The van der Waals surface area contributed by atoms with Crippen molar-refractivity contribution >= 4 is 33.9 Å². The van der Waals surface area contributed by atoms with Crippen LogP contribution in [0.4, 0.5) is 0 Å². The second kappa shape index (κ2) is 9.80. The first-order chi connectivity index (χ1) is 19.3. The Kier molecular flexibility index (Phi) is 6.35. The van der Waals surface area contributed by atoms with Crippen LogP contribution in [0.5, 0.6) is 5.75 Å². The lowest BCUT2D eigenvalue weighted by atomic mass is 9.71. The second-order valence-corrected chi connectivity index (χ2v) is 13.7. The Bertz CT molecular complexity index is 1430. The molecule has 1 aromatic carbocycles. The van der Waals surface area contributed by atoms with Crippen LogP contribution in [-0.4, -0.2) is 77.6 Å². The summed E-state index contributed by atoms with van der Waals surface area (Å²) in [5, 5.41) is 2.22. The molecule has 2 aromatic heterocycles. The number of rotatable bonds is 6. The highest BCUT2D eigenvalue weighted by Gasteiger charge is 2.60. The molecule has 210 valence electrons. The number of thiazole rings is 1. The van der Waals surface area contributed by atoms with Crippen LogP contribution in [0, 0.1) is 22.7 Å². The molecule has 7 rings (SSSR count). The number of amides is 2. The van der Waals surface area contributed by atoms with Crippen molar-refractivity contribution in [3.05, 3.63) is 52.7 Å². The first-order valence-electron chi connectivity index (χ1n) is 14.4. The Hall–Kier alpha value is -3.04. The lowest BCUT2D eigenvalue weighted by molar-refractivity contribution is -0.148. The fraction of sp³-hybridized carbons (Fsp3) is 0.548. The Balaban J connectivity index is 1.11. The second-order valence-electron chi connectivity index (χ2n) is 12.8. The first kappa shape index (κ1) is 25.9. The number of hydrogen-bond acceptors (Lipinski definition) is 7. The molecule has 0 radical (unpaired) electrons. The molecule has 0 bridgehead atoms. The Morgan fingerprint density at radius 1 is 1.05 bits per heavy atom. The Morgan fingerprint density at radius 2 is 1.82 bits per heavy atom. The third-order valence-electron chi connectivity index (χ3n) is 9.78. The SMILES string of the molecule is CC1(C)C[C@@H]1C(=O)N1CC2(CN(C(=O)c3cncs3)C[C@H]2COc2cncc3c(C4CCOCC4)cccc23)C1. The maximum absolute atomic E-state index is 13.3. The van der Waals surface area contributed by atoms with Gasteiger partial charge in [0.2, 0.25) is 5.91 Å². The van der Waals surface area contributed by atoms with Gasteiger partial charge in [-0.1, -0.05) is 32.0 Å². The molecule has 3 saturated heterocycles. The van der Waals surface area contributed by atoms with Crippen LogP contribution in [-0.2, 0) is 9.53 Å². The van der Waals surface area contributed by atoms with Crippen molar-refractivity contribution in [1.82, 2.24) is 19.8 Å². The fourth-order valence-corrected chi connectivity index (χ4v) is 7.68. The molecule has 1 saturated carbocycles. The van der Waals surface area contributed by atoms with Crippen molar-refractivity contribution in [3.8, 4) is 5.75 Å². The van der Waals surface area contributed by atoms with E-state index in [-0.39, 0.29) is 34.5 Å². The maximum atomic E-state index is 13.3.